The summed E-state index contributed by atoms with van der Waals surface area (Å²) in [6.45, 7) is 3.68. The number of nitrogens with two attached hydrogens (primary N) is 2. The summed E-state index contributed by atoms with van der Waals surface area (Å²) in [5.74, 6) is -4.02. The summed E-state index contributed by atoms with van der Waals surface area (Å²) in [6, 6.07) is -4.68. The van der Waals surface area contributed by atoms with Crippen molar-refractivity contribution < 1.29 is 29.1 Å². The predicted molar refractivity (Wildman–Crippen MR) is 130 cm³/mol. The van der Waals surface area contributed by atoms with Crippen molar-refractivity contribution in [1.29, 1.82) is 0 Å². The number of amides is 4. The average molecular weight is 514 g/mol. The van der Waals surface area contributed by atoms with Crippen molar-refractivity contribution in [2.45, 2.75) is 63.7 Å². The number of carboxylic acids is 1. The molecule has 0 aliphatic rings. The molecule has 0 radical (unpaired) electrons. The van der Waals surface area contributed by atoms with E-state index in [1.54, 1.807) is 13.2 Å². The highest BCUT2D eigenvalue weighted by atomic mass is 32.2. The van der Waals surface area contributed by atoms with Gasteiger partial charge in [0, 0.05) is 18.3 Å². The van der Waals surface area contributed by atoms with Gasteiger partial charge in [-0.05, 0) is 24.3 Å². The topological polar surface area (TPSA) is 222 Å². The number of carbonyl (C=O) groups excluding carboxylic acids is 4. The van der Waals surface area contributed by atoms with Gasteiger partial charge < -0.3 is 37.5 Å². The smallest absolute Gasteiger partial charge is 0.326 e. The fourth-order valence-electron chi connectivity index (χ4n) is 3.05. The van der Waals surface area contributed by atoms with E-state index in [0.29, 0.717) is 17.9 Å². The summed E-state index contributed by atoms with van der Waals surface area (Å²) >= 11 is 1.40. The van der Waals surface area contributed by atoms with Crippen LogP contribution in [0.15, 0.2) is 12.5 Å². The van der Waals surface area contributed by atoms with Gasteiger partial charge in [0.15, 0.2) is 0 Å². The molecule has 0 aliphatic heterocycles. The molecule has 1 rings (SSSR count). The number of thioether (sulfide) groups is 1. The van der Waals surface area contributed by atoms with E-state index in [-0.39, 0.29) is 18.8 Å². The van der Waals surface area contributed by atoms with Gasteiger partial charge in [0.2, 0.25) is 23.6 Å². The van der Waals surface area contributed by atoms with Crippen molar-refractivity contribution in [2.24, 2.45) is 17.4 Å². The Balaban J connectivity index is 3.06. The fraction of sp³-hybridized carbons (Fsp3) is 0.619. The lowest BCUT2D eigenvalue weighted by atomic mass is 9.98. The third kappa shape index (κ3) is 10.3. The number of nitrogens with one attached hydrogen (secondary N) is 4. The monoisotopic (exact) mass is 513 g/mol. The molecule has 0 saturated heterocycles. The second-order valence-electron chi connectivity index (χ2n) is 8.17. The number of aliphatic carboxylic acids is 1. The molecular formula is C21H35N7O6S. The van der Waals surface area contributed by atoms with Crippen LogP contribution in [0.5, 0.6) is 0 Å². The van der Waals surface area contributed by atoms with Crippen molar-refractivity contribution in [2.75, 3.05) is 12.0 Å². The number of hydrogen-bond donors (Lipinski definition) is 7. The molecule has 0 fully saturated rings. The van der Waals surface area contributed by atoms with E-state index in [2.05, 4.69) is 25.9 Å². The van der Waals surface area contributed by atoms with Gasteiger partial charge in [-0.2, -0.15) is 11.8 Å². The van der Waals surface area contributed by atoms with Crippen molar-refractivity contribution in [3.63, 3.8) is 0 Å². The van der Waals surface area contributed by atoms with E-state index in [9.17, 15) is 29.1 Å². The summed E-state index contributed by atoms with van der Waals surface area (Å²) in [5.41, 5.74) is 11.8. The number of aromatic amines is 1. The molecule has 4 amide bonds. The molecule has 1 aromatic rings. The predicted octanol–water partition coefficient (Wildman–Crippen LogP) is -1.51. The molecule has 5 unspecified atom stereocenters. The molecule has 5 atom stereocenters. The quantitative estimate of drug-likeness (QED) is 0.136. The Morgan fingerprint density at radius 1 is 1.09 bits per heavy atom. The lowest BCUT2D eigenvalue weighted by Crippen LogP contribution is -2.58. The Morgan fingerprint density at radius 3 is 2.20 bits per heavy atom. The van der Waals surface area contributed by atoms with Gasteiger partial charge in [-0.25, -0.2) is 9.78 Å². The van der Waals surface area contributed by atoms with Crippen LogP contribution < -0.4 is 27.4 Å². The maximum atomic E-state index is 13.1. The number of hydrogen-bond acceptors (Lipinski definition) is 8. The number of aromatic nitrogens is 2. The highest BCUT2D eigenvalue weighted by Gasteiger charge is 2.32. The third-order valence-electron chi connectivity index (χ3n) is 5.44. The number of imidazole rings is 1. The number of carbonyl (C=O) groups is 5. The van der Waals surface area contributed by atoms with E-state index in [1.165, 1.54) is 24.3 Å². The maximum Gasteiger partial charge on any atom is 0.326 e. The molecule has 1 aromatic heterocycles. The molecule has 0 saturated carbocycles. The number of carboxylic acid groups (broad SMARTS) is 1. The van der Waals surface area contributed by atoms with Gasteiger partial charge in [0.1, 0.15) is 18.1 Å². The molecule has 196 valence electrons. The first-order valence-corrected chi connectivity index (χ1v) is 12.5. The van der Waals surface area contributed by atoms with Crippen LogP contribution in [0.25, 0.3) is 0 Å². The Hall–Kier alpha value is -3.13. The Kier molecular flexibility index (Phi) is 12.8. The van der Waals surface area contributed by atoms with Gasteiger partial charge in [0.05, 0.1) is 18.8 Å². The molecule has 0 aliphatic carbocycles. The minimum Gasteiger partial charge on any atom is -0.480 e. The number of H-pyrrole nitrogens is 1. The minimum atomic E-state index is -1.44. The molecule has 35 heavy (non-hydrogen) atoms. The summed E-state index contributed by atoms with van der Waals surface area (Å²) in [4.78, 5) is 68.3. The number of nitrogens with zero attached hydrogens (tertiary/aromatic N) is 1. The molecule has 13 nitrogen and oxygen atoms in total. The summed E-state index contributed by atoms with van der Waals surface area (Å²) in [6.07, 6.45) is 4.89. The molecule has 14 heteroatoms. The first-order chi connectivity index (χ1) is 16.5. The number of primary amides is 1. The molecule has 0 bridgehead atoms. The van der Waals surface area contributed by atoms with Gasteiger partial charge in [-0.3, -0.25) is 19.2 Å². The maximum absolute atomic E-state index is 13.1. The van der Waals surface area contributed by atoms with Crippen molar-refractivity contribution in [1.82, 2.24) is 25.9 Å². The molecular weight excluding hydrogens is 478 g/mol. The van der Waals surface area contributed by atoms with Gasteiger partial charge in [-0.15, -0.1) is 0 Å². The SMILES string of the molecule is CCC(C)C(N)C(=O)NC(Cc1cnc[nH]1)C(=O)NC(CC(N)=O)C(=O)NC(CCSC)C(=O)O. The summed E-state index contributed by atoms with van der Waals surface area (Å²) < 4.78 is 0. The second-order valence-corrected chi connectivity index (χ2v) is 9.15. The van der Waals surface area contributed by atoms with Crippen molar-refractivity contribution >= 4 is 41.4 Å². The van der Waals surface area contributed by atoms with E-state index >= 15 is 0 Å². The Labute approximate surface area is 207 Å². The minimum absolute atomic E-state index is 0.00117. The van der Waals surface area contributed by atoms with E-state index in [1.807, 2.05) is 6.92 Å². The van der Waals surface area contributed by atoms with Crippen LogP contribution in [-0.4, -0.2) is 80.8 Å². The standard InChI is InChI=1S/C21H35N7O6S/c1-4-11(2)17(23)20(32)28-14(7-12-9-24-10-25-12)18(30)27-15(8-16(22)29)19(31)26-13(21(33)34)5-6-35-3/h9-11,13-15,17H,4-8,23H2,1-3H3,(H2,22,29)(H,24,25)(H,26,31)(H,27,30)(H,28,32)(H,33,34). The van der Waals surface area contributed by atoms with Gasteiger partial charge in [0.25, 0.3) is 0 Å². The normalized spacial score (nSPS) is 15.2. The first-order valence-electron chi connectivity index (χ1n) is 11.1. The van der Waals surface area contributed by atoms with Gasteiger partial charge in [-0.1, -0.05) is 20.3 Å². The van der Waals surface area contributed by atoms with Crippen LogP contribution in [0.1, 0.15) is 38.8 Å². The van der Waals surface area contributed by atoms with Crippen LogP contribution in [0.4, 0.5) is 0 Å². The first kappa shape index (κ1) is 29.9. The van der Waals surface area contributed by atoms with Crippen LogP contribution in [0, 0.1) is 5.92 Å². The van der Waals surface area contributed by atoms with E-state index < -0.39 is 60.2 Å². The highest BCUT2D eigenvalue weighted by Crippen LogP contribution is 2.08. The lowest BCUT2D eigenvalue weighted by molar-refractivity contribution is -0.142. The fourth-order valence-corrected chi connectivity index (χ4v) is 3.53. The van der Waals surface area contributed by atoms with Crippen molar-refractivity contribution in [3.05, 3.63) is 18.2 Å². The van der Waals surface area contributed by atoms with Crippen LogP contribution in [-0.2, 0) is 30.4 Å². The molecule has 9 N–H and O–H groups in total. The largest absolute Gasteiger partial charge is 0.480 e. The van der Waals surface area contributed by atoms with Crippen LogP contribution in [0.2, 0.25) is 0 Å². The third-order valence-corrected chi connectivity index (χ3v) is 6.08. The molecule has 1 heterocycles. The Bertz CT molecular complexity index is 866. The summed E-state index contributed by atoms with van der Waals surface area (Å²) in [7, 11) is 0. The zero-order chi connectivity index (χ0) is 26.5. The molecule has 0 aromatic carbocycles. The zero-order valence-electron chi connectivity index (χ0n) is 20.1. The van der Waals surface area contributed by atoms with E-state index in [4.69, 9.17) is 11.5 Å². The lowest BCUT2D eigenvalue weighted by Gasteiger charge is -2.25. The highest BCUT2D eigenvalue weighted by molar-refractivity contribution is 7.98. The zero-order valence-corrected chi connectivity index (χ0v) is 20.9. The van der Waals surface area contributed by atoms with E-state index in [0.717, 1.165) is 0 Å². The average Bonchev–Trinajstić information content (AvgIpc) is 3.32. The second kappa shape index (κ2) is 15.0. The molecule has 0 spiro atoms. The van der Waals surface area contributed by atoms with Crippen LogP contribution in [0.3, 0.4) is 0 Å². The Morgan fingerprint density at radius 2 is 1.69 bits per heavy atom. The van der Waals surface area contributed by atoms with Crippen LogP contribution >= 0.6 is 11.8 Å². The van der Waals surface area contributed by atoms with Gasteiger partial charge >= 0.3 is 5.97 Å². The van der Waals surface area contributed by atoms with Crippen molar-refractivity contribution in [3.8, 4) is 0 Å². The number of rotatable bonds is 16. The summed E-state index contributed by atoms with van der Waals surface area (Å²) in [5, 5.41) is 16.7.